The molecule has 0 radical (unpaired) electrons. The van der Waals surface area contributed by atoms with Crippen LogP contribution in [0.5, 0.6) is 0 Å². The molecule has 0 saturated carbocycles. The first-order valence-corrected chi connectivity index (χ1v) is 6.27. The van der Waals surface area contributed by atoms with Crippen molar-refractivity contribution in [2.45, 2.75) is 6.92 Å². The van der Waals surface area contributed by atoms with Crippen molar-refractivity contribution < 1.29 is 0 Å². The van der Waals surface area contributed by atoms with Gasteiger partial charge >= 0.3 is 0 Å². The zero-order chi connectivity index (χ0) is 8.13. The molecule has 0 spiro atoms. The summed E-state index contributed by atoms with van der Waals surface area (Å²) in [5.41, 5.74) is 1.43. The third kappa shape index (κ3) is 0.762. The zero-order valence-electron chi connectivity index (χ0n) is 6.46. The fourth-order valence-electron chi connectivity index (χ4n) is 1.37. The van der Waals surface area contributed by atoms with Crippen LogP contribution in [0.3, 0.4) is 0 Å². The number of thiophene rings is 3. The zero-order valence-corrected chi connectivity index (χ0v) is 8.91. The van der Waals surface area contributed by atoms with Crippen LogP contribution >= 0.6 is 34.0 Å². The van der Waals surface area contributed by atoms with E-state index in [2.05, 4.69) is 23.8 Å². The van der Waals surface area contributed by atoms with E-state index in [1.54, 1.807) is 0 Å². The Labute approximate surface area is 82.1 Å². The smallest absolute Gasteiger partial charge is 0.0632 e. The maximum atomic E-state index is 2.25. The lowest BCUT2D eigenvalue weighted by molar-refractivity contribution is 1.63. The average molecular weight is 210 g/mol. The summed E-state index contributed by atoms with van der Waals surface area (Å²) < 4.78 is 5.91. The minimum atomic E-state index is 1.43. The van der Waals surface area contributed by atoms with Crippen molar-refractivity contribution in [2.24, 2.45) is 0 Å². The van der Waals surface area contributed by atoms with Gasteiger partial charge in [0.15, 0.2) is 0 Å². The predicted octanol–water partition coefficient (Wildman–Crippen LogP) is 4.49. The second kappa shape index (κ2) is 2.31. The van der Waals surface area contributed by atoms with Crippen molar-refractivity contribution in [3.8, 4) is 0 Å². The van der Waals surface area contributed by atoms with Gasteiger partial charge in [-0.2, -0.15) is 0 Å². The van der Waals surface area contributed by atoms with E-state index in [9.17, 15) is 0 Å². The molecule has 0 saturated heterocycles. The van der Waals surface area contributed by atoms with E-state index in [0.717, 1.165) is 0 Å². The fourth-order valence-corrected chi connectivity index (χ4v) is 5.08. The van der Waals surface area contributed by atoms with Gasteiger partial charge in [0, 0.05) is 4.70 Å². The molecule has 3 aromatic heterocycles. The first-order valence-electron chi connectivity index (χ1n) is 3.70. The third-order valence-corrected chi connectivity index (χ3v) is 5.69. The Morgan fingerprint density at radius 3 is 2.92 bits per heavy atom. The van der Waals surface area contributed by atoms with Crippen molar-refractivity contribution in [2.75, 3.05) is 0 Å². The average Bonchev–Trinajstić information content (AvgIpc) is 2.63. The van der Waals surface area contributed by atoms with Gasteiger partial charge in [0.05, 0.1) is 14.1 Å². The molecule has 0 aliphatic heterocycles. The van der Waals surface area contributed by atoms with Crippen LogP contribution in [0.4, 0.5) is 0 Å². The molecule has 0 N–H and O–H groups in total. The van der Waals surface area contributed by atoms with Gasteiger partial charge in [-0.15, -0.1) is 34.0 Å². The topological polar surface area (TPSA) is 0 Å². The second-order valence-corrected chi connectivity index (χ2v) is 5.64. The molecule has 0 aliphatic rings. The lowest BCUT2D eigenvalue weighted by Gasteiger charge is -1.77. The molecule has 3 rings (SSSR count). The van der Waals surface area contributed by atoms with E-state index in [0.29, 0.717) is 0 Å². The van der Waals surface area contributed by atoms with Gasteiger partial charge in [-0.05, 0) is 29.3 Å². The molecule has 0 aromatic carbocycles. The highest BCUT2D eigenvalue weighted by Crippen LogP contribution is 2.42. The Morgan fingerprint density at radius 2 is 2.00 bits per heavy atom. The Morgan fingerprint density at radius 1 is 1.08 bits per heavy atom. The van der Waals surface area contributed by atoms with Gasteiger partial charge < -0.3 is 0 Å². The number of fused-ring (bicyclic) bond motifs is 3. The lowest BCUT2D eigenvalue weighted by atomic mass is 10.3. The molecule has 0 amide bonds. The molecule has 3 aromatic rings. The van der Waals surface area contributed by atoms with Crippen LogP contribution in [0.2, 0.25) is 0 Å². The van der Waals surface area contributed by atoms with Crippen LogP contribution in [0.25, 0.3) is 18.8 Å². The van der Waals surface area contributed by atoms with Crippen molar-refractivity contribution in [3.05, 3.63) is 22.4 Å². The molecule has 60 valence electrons. The van der Waals surface area contributed by atoms with Crippen LogP contribution in [-0.4, -0.2) is 0 Å². The SMILES string of the molecule is Cc1csc2c1sc1ccsc12. The Bertz CT molecular complexity index is 538. The van der Waals surface area contributed by atoms with Crippen LogP contribution in [0.1, 0.15) is 5.56 Å². The van der Waals surface area contributed by atoms with Crippen LogP contribution < -0.4 is 0 Å². The molecule has 0 fully saturated rings. The van der Waals surface area contributed by atoms with Gasteiger partial charge in [-0.1, -0.05) is 0 Å². The van der Waals surface area contributed by atoms with Gasteiger partial charge in [0.1, 0.15) is 0 Å². The molecule has 0 atom stereocenters. The predicted molar refractivity (Wildman–Crippen MR) is 59.8 cm³/mol. The number of aryl methyl sites for hydroxylation is 1. The van der Waals surface area contributed by atoms with Gasteiger partial charge in [0.2, 0.25) is 0 Å². The molecule has 3 heterocycles. The van der Waals surface area contributed by atoms with Crippen LogP contribution in [-0.2, 0) is 0 Å². The van der Waals surface area contributed by atoms with E-state index in [-0.39, 0.29) is 0 Å². The fraction of sp³-hybridized carbons (Fsp3) is 0.111. The van der Waals surface area contributed by atoms with E-state index in [1.807, 2.05) is 34.0 Å². The Kier molecular flexibility index (Phi) is 1.36. The molecule has 0 nitrogen and oxygen atoms in total. The Hall–Kier alpha value is -0.380. The molecular formula is C9H6S3. The summed E-state index contributed by atoms with van der Waals surface area (Å²) in [4.78, 5) is 0. The molecule has 0 bridgehead atoms. The quantitative estimate of drug-likeness (QED) is 0.513. The normalized spacial score (nSPS) is 11.8. The third-order valence-electron chi connectivity index (χ3n) is 1.97. The minimum Gasteiger partial charge on any atom is -0.141 e. The molecular weight excluding hydrogens is 204 g/mol. The largest absolute Gasteiger partial charge is 0.141 e. The van der Waals surface area contributed by atoms with E-state index >= 15 is 0 Å². The minimum absolute atomic E-state index is 1.43. The summed E-state index contributed by atoms with van der Waals surface area (Å²) in [7, 11) is 0. The Balaban J connectivity index is 2.68. The number of hydrogen-bond acceptors (Lipinski definition) is 3. The highest BCUT2D eigenvalue weighted by atomic mass is 32.1. The first kappa shape index (κ1) is 7.06. The molecule has 12 heavy (non-hydrogen) atoms. The number of hydrogen-bond donors (Lipinski definition) is 0. The lowest BCUT2D eigenvalue weighted by Crippen LogP contribution is -1.53. The van der Waals surface area contributed by atoms with E-state index in [1.165, 1.54) is 24.4 Å². The molecule has 0 aliphatic carbocycles. The van der Waals surface area contributed by atoms with Crippen molar-refractivity contribution in [1.82, 2.24) is 0 Å². The molecule has 0 unspecified atom stereocenters. The highest BCUT2D eigenvalue weighted by molar-refractivity contribution is 7.37. The number of rotatable bonds is 0. The molecule has 3 heteroatoms. The van der Waals surface area contributed by atoms with E-state index in [4.69, 9.17) is 0 Å². The van der Waals surface area contributed by atoms with Crippen molar-refractivity contribution in [1.29, 1.82) is 0 Å². The maximum absolute atomic E-state index is 2.25. The highest BCUT2D eigenvalue weighted by Gasteiger charge is 2.08. The van der Waals surface area contributed by atoms with Gasteiger partial charge in [-0.3, -0.25) is 0 Å². The van der Waals surface area contributed by atoms with Gasteiger partial charge in [-0.25, -0.2) is 0 Å². The summed E-state index contributed by atoms with van der Waals surface area (Å²) >= 11 is 5.66. The summed E-state index contributed by atoms with van der Waals surface area (Å²) in [5.74, 6) is 0. The van der Waals surface area contributed by atoms with Gasteiger partial charge in [0.25, 0.3) is 0 Å². The summed E-state index contributed by atoms with van der Waals surface area (Å²) in [6.45, 7) is 2.19. The summed E-state index contributed by atoms with van der Waals surface area (Å²) in [6.07, 6.45) is 0. The van der Waals surface area contributed by atoms with Crippen LogP contribution in [0, 0.1) is 6.92 Å². The standard InChI is InChI=1S/C9H6S3/c1-5-4-11-9-7(5)12-6-2-3-10-8(6)9/h2-4H,1H3. The first-order chi connectivity index (χ1) is 5.86. The second-order valence-electron chi connectivity index (χ2n) is 2.79. The van der Waals surface area contributed by atoms with E-state index < -0.39 is 0 Å². The summed E-state index contributed by atoms with van der Waals surface area (Å²) in [5, 5.41) is 4.43. The van der Waals surface area contributed by atoms with Crippen LogP contribution in [0.15, 0.2) is 16.8 Å². The maximum Gasteiger partial charge on any atom is 0.0632 e. The van der Waals surface area contributed by atoms with Crippen molar-refractivity contribution in [3.63, 3.8) is 0 Å². The van der Waals surface area contributed by atoms with Crippen molar-refractivity contribution >= 4 is 52.8 Å². The monoisotopic (exact) mass is 210 g/mol. The summed E-state index contributed by atoms with van der Waals surface area (Å²) in [6, 6.07) is 2.22.